The molecule has 0 radical (unpaired) electrons. The topological polar surface area (TPSA) is 15.6 Å². The van der Waals surface area contributed by atoms with Gasteiger partial charge in [-0.2, -0.15) is 0 Å². The Bertz CT molecular complexity index is 483. The van der Waals surface area contributed by atoms with Gasteiger partial charge in [0.25, 0.3) is 0 Å². The van der Waals surface area contributed by atoms with E-state index in [0.717, 1.165) is 38.0 Å². The van der Waals surface area contributed by atoms with Crippen LogP contribution in [-0.4, -0.2) is 23.8 Å². The van der Waals surface area contributed by atoms with Gasteiger partial charge in [-0.05, 0) is 24.8 Å². The van der Waals surface area contributed by atoms with Gasteiger partial charge >= 0.3 is 0 Å². The summed E-state index contributed by atoms with van der Waals surface area (Å²) in [6.45, 7) is 17.3. The third kappa shape index (κ3) is 6.46. The fourth-order valence-electron chi connectivity index (χ4n) is 2.57. The highest BCUT2D eigenvalue weighted by Crippen LogP contribution is 2.12. The minimum Gasteiger partial charge on any atom is -0.360 e. The maximum absolute atomic E-state index is 4.83. The van der Waals surface area contributed by atoms with Crippen molar-refractivity contribution in [1.29, 1.82) is 0 Å². The maximum Gasteiger partial charge on any atom is 0.104 e. The van der Waals surface area contributed by atoms with E-state index >= 15 is 0 Å². The molecule has 1 rings (SSSR count). The van der Waals surface area contributed by atoms with Crippen molar-refractivity contribution in [2.24, 2.45) is 10.9 Å². The first-order chi connectivity index (χ1) is 10.5. The fourth-order valence-corrected chi connectivity index (χ4v) is 2.57. The predicted octanol–water partition coefficient (Wildman–Crippen LogP) is 5.23. The molecule has 2 nitrogen and oxygen atoms in total. The van der Waals surface area contributed by atoms with Crippen LogP contribution in [0.15, 0.2) is 41.5 Å². The maximum atomic E-state index is 4.83. The van der Waals surface area contributed by atoms with Crippen LogP contribution in [0.2, 0.25) is 0 Å². The average Bonchev–Trinajstić information content (AvgIpc) is 2.46. The van der Waals surface area contributed by atoms with Crippen molar-refractivity contribution in [1.82, 2.24) is 4.90 Å². The largest absolute Gasteiger partial charge is 0.360 e. The Kier molecular flexibility index (Phi) is 7.94. The number of aryl methyl sites for hydroxylation is 1. The van der Waals surface area contributed by atoms with Gasteiger partial charge < -0.3 is 4.90 Å². The quantitative estimate of drug-likeness (QED) is 0.474. The zero-order chi connectivity index (χ0) is 16.5. The molecule has 0 fully saturated rings. The molecular formula is C20H32N2. The van der Waals surface area contributed by atoms with Crippen molar-refractivity contribution in [3.8, 4) is 0 Å². The lowest BCUT2D eigenvalue weighted by atomic mass is 10.1. The highest BCUT2D eigenvalue weighted by atomic mass is 15.2. The number of nitrogens with zero attached hydrogens (tertiary/aromatic N) is 2. The van der Waals surface area contributed by atoms with Crippen LogP contribution in [0.25, 0.3) is 0 Å². The lowest BCUT2D eigenvalue weighted by Gasteiger charge is -2.27. The smallest absolute Gasteiger partial charge is 0.104 e. The van der Waals surface area contributed by atoms with E-state index < -0.39 is 0 Å². The monoisotopic (exact) mass is 300 g/mol. The molecular weight excluding hydrogens is 268 g/mol. The van der Waals surface area contributed by atoms with Crippen molar-refractivity contribution in [3.63, 3.8) is 0 Å². The van der Waals surface area contributed by atoms with Crippen LogP contribution in [0.4, 0.5) is 0 Å². The summed E-state index contributed by atoms with van der Waals surface area (Å²) in [5, 5.41) is 0. The van der Waals surface area contributed by atoms with Gasteiger partial charge in [0, 0.05) is 31.6 Å². The van der Waals surface area contributed by atoms with Crippen LogP contribution in [0, 0.1) is 12.8 Å². The Morgan fingerprint density at radius 3 is 2.32 bits per heavy atom. The van der Waals surface area contributed by atoms with Crippen LogP contribution in [-0.2, 0) is 6.42 Å². The molecule has 0 aliphatic rings. The van der Waals surface area contributed by atoms with Gasteiger partial charge in [0.15, 0.2) is 0 Å². The minimum absolute atomic E-state index is 0.647. The van der Waals surface area contributed by atoms with Gasteiger partial charge in [-0.1, -0.05) is 64.1 Å². The van der Waals surface area contributed by atoms with Gasteiger partial charge in [-0.15, -0.1) is 0 Å². The van der Waals surface area contributed by atoms with E-state index in [0.29, 0.717) is 5.92 Å². The second-order valence-corrected chi connectivity index (χ2v) is 6.45. The fraction of sp³-hybridized carbons (Fsp3) is 0.550. The highest BCUT2D eigenvalue weighted by molar-refractivity contribution is 5.83. The lowest BCUT2D eigenvalue weighted by Crippen LogP contribution is -2.34. The first-order valence-corrected chi connectivity index (χ1v) is 8.52. The van der Waals surface area contributed by atoms with Crippen molar-refractivity contribution in [3.05, 3.63) is 47.7 Å². The van der Waals surface area contributed by atoms with Gasteiger partial charge in [-0.25, -0.2) is 4.99 Å². The van der Waals surface area contributed by atoms with E-state index in [2.05, 4.69) is 70.4 Å². The first kappa shape index (κ1) is 18.5. The SMILES string of the molecule is C=C(Cc1ccc(C)cc1)N=C(CC)N(CCC)CC(C)C. The van der Waals surface area contributed by atoms with Crippen molar-refractivity contribution < 1.29 is 0 Å². The summed E-state index contributed by atoms with van der Waals surface area (Å²) in [6, 6.07) is 8.63. The molecule has 0 aliphatic heterocycles. The molecule has 0 saturated carbocycles. The molecule has 0 N–H and O–H groups in total. The molecule has 122 valence electrons. The Morgan fingerprint density at radius 1 is 1.18 bits per heavy atom. The molecule has 1 aromatic carbocycles. The summed E-state index contributed by atoms with van der Waals surface area (Å²) < 4.78 is 0. The van der Waals surface area contributed by atoms with Gasteiger partial charge in [0.2, 0.25) is 0 Å². The molecule has 0 bridgehead atoms. The Labute approximate surface area is 137 Å². The molecule has 2 heteroatoms. The minimum atomic E-state index is 0.647. The number of aliphatic imine (C=N–C) groups is 1. The predicted molar refractivity (Wildman–Crippen MR) is 98.5 cm³/mol. The van der Waals surface area contributed by atoms with E-state index in [1.807, 2.05) is 0 Å². The third-order valence-electron chi connectivity index (χ3n) is 3.58. The summed E-state index contributed by atoms with van der Waals surface area (Å²) in [7, 11) is 0. The molecule has 1 aromatic rings. The summed E-state index contributed by atoms with van der Waals surface area (Å²) in [4.78, 5) is 7.25. The van der Waals surface area contributed by atoms with Gasteiger partial charge in [0.1, 0.15) is 5.84 Å². The molecule has 0 heterocycles. The van der Waals surface area contributed by atoms with Crippen molar-refractivity contribution in [2.75, 3.05) is 13.1 Å². The zero-order valence-electron chi connectivity index (χ0n) is 15.0. The first-order valence-electron chi connectivity index (χ1n) is 8.52. The zero-order valence-corrected chi connectivity index (χ0v) is 15.0. The molecule has 0 saturated heterocycles. The average molecular weight is 300 g/mol. The molecule has 0 unspecified atom stereocenters. The number of hydrogen-bond donors (Lipinski definition) is 0. The Hall–Kier alpha value is -1.57. The summed E-state index contributed by atoms with van der Waals surface area (Å²) in [5.74, 6) is 1.82. The highest BCUT2D eigenvalue weighted by Gasteiger charge is 2.11. The van der Waals surface area contributed by atoms with Crippen LogP contribution in [0.3, 0.4) is 0 Å². The van der Waals surface area contributed by atoms with Crippen LogP contribution >= 0.6 is 0 Å². The number of rotatable bonds is 8. The van der Waals surface area contributed by atoms with E-state index in [9.17, 15) is 0 Å². The summed E-state index contributed by atoms with van der Waals surface area (Å²) in [5.41, 5.74) is 3.52. The summed E-state index contributed by atoms with van der Waals surface area (Å²) in [6.07, 6.45) is 2.93. The second-order valence-electron chi connectivity index (χ2n) is 6.45. The molecule has 0 aliphatic carbocycles. The van der Waals surface area contributed by atoms with Crippen LogP contribution < -0.4 is 0 Å². The Balaban J connectivity index is 2.79. The molecule has 0 amide bonds. The van der Waals surface area contributed by atoms with Gasteiger partial charge in [0.05, 0.1) is 0 Å². The van der Waals surface area contributed by atoms with E-state index in [4.69, 9.17) is 4.99 Å². The second kappa shape index (κ2) is 9.45. The van der Waals surface area contributed by atoms with E-state index in [1.165, 1.54) is 17.0 Å². The van der Waals surface area contributed by atoms with E-state index in [1.54, 1.807) is 0 Å². The third-order valence-corrected chi connectivity index (χ3v) is 3.58. The molecule has 0 spiro atoms. The number of hydrogen-bond acceptors (Lipinski definition) is 1. The summed E-state index contributed by atoms with van der Waals surface area (Å²) >= 11 is 0. The number of benzene rings is 1. The van der Waals surface area contributed by atoms with E-state index in [-0.39, 0.29) is 0 Å². The molecule has 0 atom stereocenters. The lowest BCUT2D eigenvalue weighted by molar-refractivity contribution is 0.359. The number of allylic oxidation sites excluding steroid dienone is 1. The van der Waals surface area contributed by atoms with Crippen LogP contribution in [0.1, 0.15) is 51.7 Å². The van der Waals surface area contributed by atoms with Crippen molar-refractivity contribution >= 4 is 5.84 Å². The molecule has 0 aromatic heterocycles. The van der Waals surface area contributed by atoms with Crippen LogP contribution in [0.5, 0.6) is 0 Å². The standard InChI is InChI=1S/C20H32N2/c1-7-13-22(15-16(3)4)20(8-2)21-18(6)14-19-11-9-17(5)10-12-19/h9-12,16H,6-8,13-15H2,1-5H3. The Morgan fingerprint density at radius 2 is 1.82 bits per heavy atom. The molecule has 22 heavy (non-hydrogen) atoms. The number of amidine groups is 1. The van der Waals surface area contributed by atoms with Gasteiger partial charge in [-0.3, -0.25) is 0 Å². The normalized spacial score (nSPS) is 11.8. The van der Waals surface area contributed by atoms with Crippen molar-refractivity contribution in [2.45, 2.75) is 53.9 Å².